The predicted octanol–water partition coefficient (Wildman–Crippen LogP) is 3.11. The second-order valence-corrected chi connectivity index (χ2v) is 9.32. The van der Waals surface area contributed by atoms with Crippen LogP contribution in [0.3, 0.4) is 0 Å². The molecule has 6 nitrogen and oxygen atoms in total. The zero-order valence-electron chi connectivity index (χ0n) is 17.7. The number of nitrogens with one attached hydrogen (secondary N) is 1. The van der Waals surface area contributed by atoms with Crippen molar-refractivity contribution in [3.8, 4) is 11.6 Å². The Hall–Kier alpha value is -2.12. The minimum absolute atomic E-state index is 0.0643. The van der Waals surface area contributed by atoms with Crippen molar-refractivity contribution in [3.63, 3.8) is 0 Å². The van der Waals surface area contributed by atoms with E-state index < -0.39 is 0 Å². The maximum atomic E-state index is 11.1. The van der Waals surface area contributed by atoms with Crippen LogP contribution in [0.5, 0.6) is 11.6 Å². The van der Waals surface area contributed by atoms with E-state index in [9.17, 15) is 5.11 Å². The fourth-order valence-corrected chi connectivity index (χ4v) is 5.85. The van der Waals surface area contributed by atoms with Crippen LogP contribution in [-0.4, -0.2) is 39.4 Å². The Morgan fingerprint density at radius 3 is 2.48 bits per heavy atom. The second kappa shape index (κ2) is 8.32. The first-order chi connectivity index (χ1) is 14.0. The number of fused-ring (bicyclic) bond motifs is 1. The Bertz CT molecular complexity index is 955. The number of nitrogens with zero attached hydrogens (tertiary/aromatic N) is 3. The van der Waals surface area contributed by atoms with Crippen LogP contribution in [0, 0.1) is 11.8 Å². The smallest absolute Gasteiger partial charge is 0.235 e. The summed E-state index contributed by atoms with van der Waals surface area (Å²) in [7, 11) is 0. The number of hydrogen-bond acceptors (Lipinski definition) is 5. The molecule has 3 heterocycles. The van der Waals surface area contributed by atoms with E-state index >= 15 is 0 Å². The van der Waals surface area contributed by atoms with E-state index in [0.29, 0.717) is 18.4 Å². The highest BCUT2D eigenvalue weighted by atomic mass is 32.1. The molecule has 0 radical (unpaired) electrons. The molecule has 7 heteroatoms. The fourth-order valence-electron chi connectivity index (χ4n) is 4.69. The van der Waals surface area contributed by atoms with Gasteiger partial charge in [0.15, 0.2) is 11.9 Å². The van der Waals surface area contributed by atoms with Gasteiger partial charge in [-0.3, -0.25) is 0 Å². The van der Waals surface area contributed by atoms with Gasteiger partial charge in [0.1, 0.15) is 10.6 Å². The molecule has 1 aliphatic heterocycles. The summed E-state index contributed by atoms with van der Waals surface area (Å²) in [6, 6.07) is 8.41. The molecule has 4 rings (SSSR count). The fraction of sp³-hybridized carbons (Fsp3) is 0.545. The Morgan fingerprint density at radius 1 is 1.21 bits per heavy atom. The number of ether oxygens (including phenoxy) is 1. The van der Waals surface area contributed by atoms with Crippen LogP contribution < -0.4 is 9.64 Å². The predicted molar refractivity (Wildman–Crippen MR) is 115 cm³/mol. The van der Waals surface area contributed by atoms with Crippen molar-refractivity contribution >= 4 is 16.3 Å². The van der Waals surface area contributed by atoms with Gasteiger partial charge in [-0.05, 0) is 37.6 Å². The molecule has 0 unspecified atom stereocenters. The Kier molecular flexibility index (Phi) is 5.79. The Balaban J connectivity index is 1.77. The van der Waals surface area contributed by atoms with E-state index in [0.717, 1.165) is 40.9 Å². The van der Waals surface area contributed by atoms with Gasteiger partial charge in [0.05, 0.1) is 19.7 Å². The lowest BCUT2D eigenvalue weighted by Gasteiger charge is -2.37. The van der Waals surface area contributed by atoms with E-state index in [1.54, 1.807) is 15.9 Å². The third-order valence-corrected chi connectivity index (χ3v) is 6.87. The van der Waals surface area contributed by atoms with Gasteiger partial charge in [0.25, 0.3) is 0 Å². The van der Waals surface area contributed by atoms with Crippen molar-refractivity contribution in [3.05, 3.63) is 40.5 Å². The van der Waals surface area contributed by atoms with Gasteiger partial charge in [-0.15, -0.1) is 5.10 Å². The van der Waals surface area contributed by atoms with Crippen LogP contribution in [-0.2, 0) is 6.42 Å². The Morgan fingerprint density at radius 2 is 1.90 bits per heavy atom. The SMILES string of the molecule is CCOc1ccc([C@H](c2sc3nc(CC)nn3c2O)[NH+]2C[C@@H](C)C[C@H](C)C2)cc1. The van der Waals surface area contributed by atoms with Crippen LogP contribution in [0.4, 0.5) is 0 Å². The highest BCUT2D eigenvalue weighted by molar-refractivity contribution is 7.17. The van der Waals surface area contributed by atoms with Crippen molar-refractivity contribution in [2.75, 3.05) is 19.7 Å². The lowest BCUT2D eigenvalue weighted by molar-refractivity contribution is -0.936. The number of thiazole rings is 1. The summed E-state index contributed by atoms with van der Waals surface area (Å²) in [5.74, 6) is 3.20. The van der Waals surface area contributed by atoms with E-state index in [2.05, 4.69) is 36.1 Å². The van der Waals surface area contributed by atoms with Gasteiger partial charge in [-0.2, -0.15) is 4.52 Å². The molecule has 3 aromatic rings. The van der Waals surface area contributed by atoms with Gasteiger partial charge in [-0.1, -0.05) is 32.1 Å². The Labute approximate surface area is 176 Å². The molecule has 0 bridgehead atoms. The van der Waals surface area contributed by atoms with Crippen molar-refractivity contribution in [1.82, 2.24) is 14.6 Å². The highest BCUT2D eigenvalue weighted by Gasteiger charge is 2.37. The van der Waals surface area contributed by atoms with E-state index in [-0.39, 0.29) is 11.9 Å². The molecule has 2 aromatic heterocycles. The van der Waals surface area contributed by atoms with Crippen LogP contribution in [0.1, 0.15) is 56.4 Å². The molecule has 1 aliphatic rings. The number of benzene rings is 1. The lowest BCUT2D eigenvalue weighted by atomic mass is 9.89. The lowest BCUT2D eigenvalue weighted by Crippen LogP contribution is -3.14. The molecule has 1 saturated heterocycles. The largest absolute Gasteiger partial charge is 0.494 e. The maximum Gasteiger partial charge on any atom is 0.235 e. The summed E-state index contributed by atoms with van der Waals surface area (Å²) < 4.78 is 7.24. The first-order valence-corrected chi connectivity index (χ1v) is 11.5. The van der Waals surface area contributed by atoms with Gasteiger partial charge >= 0.3 is 0 Å². The minimum atomic E-state index is 0.0643. The highest BCUT2D eigenvalue weighted by Crippen LogP contribution is 2.36. The van der Waals surface area contributed by atoms with Crippen molar-refractivity contribution in [2.45, 2.75) is 46.6 Å². The van der Waals surface area contributed by atoms with Gasteiger partial charge < -0.3 is 14.7 Å². The monoisotopic (exact) mass is 415 g/mol. The summed E-state index contributed by atoms with van der Waals surface area (Å²) in [5.41, 5.74) is 1.19. The first kappa shape index (κ1) is 20.2. The molecule has 3 atom stereocenters. The average molecular weight is 416 g/mol. The quantitative estimate of drug-likeness (QED) is 0.649. The van der Waals surface area contributed by atoms with Gasteiger partial charge in [0.2, 0.25) is 10.8 Å². The molecule has 2 N–H and O–H groups in total. The normalized spacial score (nSPS) is 23.4. The average Bonchev–Trinajstić information content (AvgIpc) is 3.22. The summed E-state index contributed by atoms with van der Waals surface area (Å²) in [4.78, 5) is 7.79. The van der Waals surface area contributed by atoms with Crippen LogP contribution in [0.2, 0.25) is 0 Å². The number of piperidine rings is 1. The number of hydrogen-bond donors (Lipinski definition) is 2. The topological polar surface area (TPSA) is 64.1 Å². The minimum Gasteiger partial charge on any atom is -0.494 e. The molecule has 1 aromatic carbocycles. The molecule has 0 amide bonds. The number of aromatic nitrogens is 3. The second-order valence-electron chi connectivity index (χ2n) is 8.31. The molecule has 29 heavy (non-hydrogen) atoms. The van der Waals surface area contributed by atoms with Crippen LogP contribution in [0.25, 0.3) is 4.96 Å². The third kappa shape index (κ3) is 3.98. The van der Waals surface area contributed by atoms with Gasteiger partial charge in [-0.25, -0.2) is 4.98 Å². The molecule has 0 saturated carbocycles. The molecule has 156 valence electrons. The van der Waals surface area contributed by atoms with Crippen LogP contribution >= 0.6 is 11.3 Å². The summed E-state index contributed by atoms with van der Waals surface area (Å²) in [6.07, 6.45) is 2.03. The number of aromatic hydroxyl groups is 1. The van der Waals surface area contributed by atoms with Crippen molar-refractivity contribution < 1.29 is 14.7 Å². The molecule has 0 spiro atoms. The summed E-state index contributed by atoms with van der Waals surface area (Å²) in [6.45, 7) is 11.5. The van der Waals surface area contributed by atoms with Crippen molar-refractivity contribution in [1.29, 1.82) is 0 Å². The number of likely N-dealkylation sites (tertiary alicyclic amines) is 1. The van der Waals surface area contributed by atoms with E-state index in [4.69, 9.17) is 4.74 Å². The zero-order valence-corrected chi connectivity index (χ0v) is 18.5. The van der Waals surface area contributed by atoms with E-state index in [1.807, 2.05) is 26.0 Å². The number of quaternary nitrogens is 1. The van der Waals surface area contributed by atoms with Crippen molar-refractivity contribution in [2.24, 2.45) is 11.8 Å². The molecular formula is C22H31N4O2S+. The van der Waals surface area contributed by atoms with Gasteiger partial charge in [0, 0.05) is 23.8 Å². The van der Waals surface area contributed by atoms with Crippen LogP contribution in [0.15, 0.2) is 24.3 Å². The number of rotatable bonds is 6. The zero-order chi connectivity index (χ0) is 20.5. The third-order valence-electron chi connectivity index (χ3n) is 5.78. The summed E-state index contributed by atoms with van der Waals surface area (Å²) >= 11 is 1.56. The number of aryl methyl sites for hydroxylation is 1. The maximum absolute atomic E-state index is 11.1. The molecular weight excluding hydrogens is 384 g/mol. The molecule has 0 aliphatic carbocycles. The van der Waals surface area contributed by atoms with E-state index in [1.165, 1.54) is 16.9 Å². The molecule has 1 fully saturated rings. The first-order valence-electron chi connectivity index (χ1n) is 10.6. The standard InChI is InChI=1S/C22H30N4O2S/c1-5-18-23-22-26(24-18)21(27)20(29-22)19(25-12-14(3)11-15(4)13-25)16-7-9-17(10-8-16)28-6-2/h7-10,14-15,19,27H,5-6,11-13H2,1-4H3/p+1/t14-,15-,19+/m0/s1. The summed E-state index contributed by atoms with van der Waals surface area (Å²) in [5, 5.41) is 15.5.